The lowest BCUT2D eigenvalue weighted by Gasteiger charge is -2.14. The van der Waals surface area contributed by atoms with E-state index < -0.39 is 11.8 Å². The average Bonchev–Trinajstić information content (AvgIpc) is 2.66. The van der Waals surface area contributed by atoms with Crippen LogP contribution in [0.3, 0.4) is 0 Å². The molecule has 0 bridgehead atoms. The number of hydrogen-bond acceptors (Lipinski definition) is 4. The largest absolute Gasteiger partial charge is 0.490 e. The van der Waals surface area contributed by atoms with Gasteiger partial charge in [0, 0.05) is 17.7 Å². The minimum absolute atomic E-state index is 0.0748. The second kappa shape index (κ2) is 10.1. The van der Waals surface area contributed by atoms with Gasteiger partial charge < -0.3 is 10.1 Å². The van der Waals surface area contributed by atoms with Crippen molar-refractivity contribution in [2.45, 2.75) is 39.7 Å². The van der Waals surface area contributed by atoms with Gasteiger partial charge in [0.15, 0.2) is 0 Å². The van der Waals surface area contributed by atoms with Gasteiger partial charge in [-0.2, -0.15) is 0 Å². The van der Waals surface area contributed by atoms with Crippen LogP contribution in [0.5, 0.6) is 5.75 Å². The lowest BCUT2D eigenvalue weighted by atomic mass is 10.2. The molecule has 2 rings (SSSR count). The molecule has 0 aromatic heterocycles. The smallest absolute Gasteiger partial charge is 0.273 e. The highest BCUT2D eigenvalue weighted by Gasteiger charge is 2.14. The van der Waals surface area contributed by atoms with Crippen molar-refractivity contribution in [3.05, 3.63) is 59.7 Å². The maximum absolute atomic E-state index is 12.4. The number of para-hydroxylation sites is 1. The molecular weight excluding hydrogens is 358 g/mol. The van der Waals surface area contributed by atoms with Gasteiger partial charge in [-0.3, -0.25) is 25.2 Å². The molecule has 0 unspecified atom stereocenters. The van der Waals surface area contributed by atoms with Crippen LogP contribution in [-0.4, -0.2) is 23.8 Å². The van der Waals surface area contributed by atoms with Crippen LogP contribution in [-0.2, 0) is 4.79 Å². The third kappa shape index (κ3) is 6.12. The fourth-order valence-corrected chi connectivity index (χ4v) is 2.42. The number of anilines is 1. The van der Waals surface area contributed by atoms with Gasteiger partial charge in [-0.15, -0.1) is 0 Å². The third-order valence-corrected chi connectivity index (χ3v) is 3.69. The first-order chi connectivity index (χ1) is 13.4. The van der Waals surface area contributed by atoms with Crippen molar-refractivity contribution in [1.82, 2.24) is 10.9 Å². The number of ether oxygens (including phenoxy) is 1. The number of rotatable bonds is 7. The van der Waals surface area contributed by atoms with Crippen LogP contribution in [0.2, 0.25) is 0 Å². The summed E-state index contributed by atoms with van der Waals surface area (Å²) < 4.78 is 5.61. The van der Waals surface area contributed by atoms with Crippen LogP contribution >= 0.6 is 0 Å². The number of nitrogens with one attached hydrogen (secondary N) is 3. The lowest BCUT2D eigenvalue weighted by molar-refractivity contribution is -0.116. The van der Waals surface area contributed by atoms with Gasteiger partial charge in [0.05, 0.1) is 11.7 Å². The lowest BCUT2D eigenvalue weighted by Crippen LogP contribution is -2.41. The average molecular weight is 383 g/mol. The summed E-state index contributed by atoms with van der Waals surface area (Å²) in [5.74, 6) is -0.583. The van der Waals surface area contributed by atoms with E-state index in [4.69, 9.17) is 4.74 Å². The Balaban J connectivity index is 1.95. The minimum Gasteiger partial charge on any atom is -0.490 e. The Morgan fingerprint density at radius 2 is 1.57 bits per heavy atom. The first kappa shape index (κ1) is 21.0. The second-order valence-electron chi connectivity index (χ2n) is 6.45. The standard InChI is InChI=1S/C21H25N3O4/c1-4-7-19(25)22-16-12-10-15(11-13-16)20(26)23-24-21(27)17-8-5-6-9-18(17)28-14(2)3/h5-6,8-14H,4,7H2,1-3H3,(H,22,25)(H,23,26)(H,24,27). The van der Waals surface area contributed by atoms with Crippen molar-refractivity contribution in [3.63, 3.8) is 0 Å². The Kier molecular flexibility index (Phi) is 7.56. The van der Waals surface area contributed by atoms with Crippen molar-refractivity contribution in [3.8, 4) is 5.75 Å². The number of amides is 3. The summed E-state index contributed by atoms with van der Waals surface area (Å²) in [6, 6.07) is 13.2. The number of hydrogen-bond donors (Lipinski definition) is 3. The highest BCUT2D eigenvalue weighted by atomic mass is 16.5. The van der Waals surface area contributed by atoms with Gasteiger partial charge in [0.25, 0.3) is 11.8 Å². The van der Waals surface area contributed by atoms with Crippen molar-refractivity contribution in [2.24, 2.45) is 0 Å². The normalized spacial score (nSPS) is 10.3. The topological polar surface area (TPSA) is 96.5 Å². The SMILES string of the molecule is CCCC(=O)Nc1ccc(C(=O)NNC(=O)c2ccccc2OC(C)C)cc1. The zero-order valence-electron chi connectivity index (χ0n) is 16.2. The molecule has 0 heterocycles. The van der Waals surface area contributed by atoms with Crippen LogP contribution in [0.1, 0.15) is 54.3 Å². The number of carbonyl (C=O) groups is 3. The summed E-state index contributed by atoms with van der Waals surface area (Å²) in [5.41, 5.74) is 6.05. The van der Waals surface area contributed by atoms with Gasteiger partial charge in [0.2, 0.25) is 5.91 Å². The minimum atomic E-state index is -0.479. The molecule has 0 spiro atoms. The molecule has 2 aromatic carbocycles. The molecule has 7 heteroatoms. The third-order valence-electron chi connectivity index (χ3n) is 3.69. The van der Waals surface area contributed by atoms with E-state index in [1.807, 2.05) is 20.8 Å². The number of benzene rings is 2. The molecule has 0 atom stereocenters. The Morgan fingerprint density at radius 1 is 0.929 bits per heavy atom. The van der Waals surface area contributed by atoms with Crippen molar-refractivity contribution < 1.29 is 19.1 Å². The zero-order chi connectivity index (χ0) is 20.5. The Bertz CT molecular complexity index is 832. The molecule has 28 heavy (non-hydrogen) atoms. The summed E-state index contributed by atoms with van der Waals surface area (Å²) in [7, 11) is 0. The first-order valence-electron chi connectivity index (χ1n) is 9.17. The Hall–Kier alpha value is -3.35. The highest BCUT2D eigenvalue weighted by molar-refractivity contribution is 6.00. The molecule has 0 aliphatic heterocycles. The summed E-state index contributed by atoms with van der Waals surface area (Å²) in [6.07, 6.45) is 1.12. The second-order valence-corrected chi connectivity index (χ2v) is 6.45. The van der Waals surface area contributed by atoms with Crippen LogP contribution in [0, 0.1) is 0 Å². The van der Waals surface area contributed by atoms with E-state index in [2.05, 4.69) is 16.2 Å². The van der Waals surface area contributed by atoms with Crippen LogP contribution in [0.25, 0.3) is 0 Å². The summed E-state index contributed by atoms with van der Waals surface area (Å²) in [4.78, 5) is 36.2. The predicted molar refractivity (Wildman–Crippen MR) is 107 cm³/mol. The fraction of sp³-hybridized carbons (Fsp3) is 0.286. The van der Waals surface area contributed by atoms with Crippen molar-refractivity contribution in [1.29, 1.82) is 0 Å². The molecule has 0 radical (unpaired) electrons. The maximum Gasteiger partial charge on any atom is 0.273 e. The molecule has 0 saturated heterocycles. The molecule has 0 fully saturated rings. The number of hydrazine groups is 1. The van der Waals surface area contributed by atoms with Gasteiger partial charge in [-0.1, -0.05) is 19.1 Å². The molecule has 148 valence electrons. The van der Waals surface area contributed by atoms with Crippen LogP contribution < -0.4 is 20.9 Å². The van der Waals surface area contributed by atoms with Gasteiger partial charge >= 0.3 is 0 Å². The van der Waals surface area contributed by atoms with E-state index in [1.165, 1.54) is 0 Å². The fourth-order valence-electron chi connectivity index (χ4n) is 2.42. The predicted octanol–water partition coefficient (Wildman–Crippen LogP) is 3.29. The molecule has 7 nitrogen and oxygen atoms in total. The van der Waals surface area contributed by atoms with E-state index in [1.54, 1.807) is 48.5 Å². The molecule has 0 aliphatic rings. The molecule has 0 saturated carbocycles. The summed E-state index contributed by atoms with van der Waals surface area (Å²) in [5, 5.41) is 2.75. The van der Waals surface area contributed by atoms with Crippen LogP contribution in [0.15, 0.2) is 48.5 Å². The monoisotopic (exact) mass is 383 g/mol. The molecule has 2 aromatic rings. The molecule has 3 amide bonds. The summed E-state index contributed by atoms with van der Waals surface area (Å²) in [6.45, 7) is 5.66. The zero-order valence-corrected chi connectivity index (χ0v) is 16.2. The van der Waals surface area contributed by atoms with Crippen LogP contribution in [0.4, 0.5) is 5.69 Å². The maximum atomic E-state index is 12.4. The highest BCUT2D eigenvalue weighted by Crippen LogP contribution is 2.19. The van der Waals surface area contributed by atoms with E-state index in [9.17, 15) is 14.4 Å². The van der Waals surface area contributed by atoms with Crippen molar-refractivity contribution in [2.75, 3.05) is 5.32 Å². The molecular formula is C21H25N3O4. The quantitative estimate of drug-likeness (QED) is 0.639. The van der Waals surface area contributed by atoms with Gasteiger partial charge in [0.1, 0.15) is 5.75 Å². The van der Waals surface area contributed by atoms with E-state index in [0.29, 0.717) is 29.0 Å². The molecule has 0 aliphatic carbocycles. The van der Waals surface area contributed by atoms with E-state index in [0.717, 1.165) is 6.42 Å². The van der Waals surface area contributed by atoms with Gasteiger partial charge in [-0.05, 0) is 56.7 Å². The summed E-state index contributed by atoms with van der Waals surface area (Å²) >= 11 is 0. The number of carbonyl (C=O) groups excluding carboxylic acids is 3. The Morgan fingerprint density at radius 3 is 2.21 bits per heavy atom. The Labute approximate surface area is 164 Å². The van der Waals surface area contributed by atoms with Crippen molar-refractivity contribution >= 4 is 23.4 Å². The van der Waals surface area contributed by atoms with E-state index >= 15 is 0 Å². The first-order valence-corrected chi connectivity index (χ1v) is 9.17. The van der Waals surface area contributed by atoms with E-state index in [-0.39, 0.29) is 12.0 Å². The molecule has 3 N–H and O–H groups in total. The van der Waals surface area contributed by atoms with Gasteiger partial charge in [-0.25, -0.2) is 0 Å².